The number of aromatic nitrogens is 4. The first-order valence-corrected chi connectivity index (χ1v) is 19.2. The third kappa shape index (κ3) is 11.9. The number of nitrogens with one attached hydrogen (secondary N) is 1. The van der Waals surface area contributed by atoms with Crippen LogP contribution in [-0.4, -0.2) is 36.4 Å². The molecule has 0 spiro atoms. The van der Waals surface area contributed by atoms with Gasteiger partial charge >= 0.3 is 6.18 Å². The number of fused-ring (bicyclic) bond motifs is 2. The standard InChI is InChI=1S/C23H19ClFN3O.C9H7NO.C8H4F4O.C6H7ClN2/c1-13-5-6-16(11-19(13)25)21(28-20-10-14(2)18(24)12-27-20)17-8-7-15-4-3-9-26-22(15)23(17)29;11-8-5-1-3-7-4-2-6-10-9(7)8;9-7-3-5(4-13)1-2-6(7)8(10,11)12;1-4-2-6(8)9-3-5(4)7/h3-12,21,29H,1-2H3,(H,27,28);1-6,11H;1-4H;2-3H,1H3,(H2,8,9). The minimum absolute atomic E-state index is 0.0484. The summed E-state index contributed by atoms with van der Waals surface area (Å²) in [5, 5.41) is 26.6. The molecular formula is C46H37Cl2F5N6O3. The van der Waals surface area contributed by atoms with Gasteiger partial charge in [0.05, 0.1) is 21.7 Å². The Morgan fingerprint density at radius 1 is 0.694 bits per heavy atom. The van der Waals surface area contributed by atoms with Crippen LogP contribution in [-0.2, 0) is 6.18 Å². The fraction of sp³-hybridized carbons (Fsp3) is 0.109. The number of benzene rings is 4. The molecule has 0 saturated carbocycles. The highest BCUT2D eigenvalue weighted by atomic mass is 35.5. The van der Waals surface area contributed by atoms with Gasteiger partial charge in [0.25, 0.3) is 0 Å². The molecule has 0 radical (unpaired) electrons. The highest BCUT2D eigenvalue weighted by Gasteiger charge is 2.33. The number of aldehydes is 1. The molecule has 5 N–H and O–H groups in total. The molecule has 318 valence electrons. The van der Waals surface area contributed by atoms with Gasteiger partial charge < -0.3 is 21.3 Å². The van der Waals surface area contributed by atoms with Gasteiger partial charge in [-0.3, -0.25) is 14.8 Å². The van der Waals surface area contributed by atoms with E-state index in [2.05, 4.69) is 25.3 Å². The fourth-order valence-electron chi connectivity index (χ4n) is 5.76. The van der Waals surface area contributed by atoms with Crippen molar-refractivity contribution in [3.05, 3.63) is 189 Å². The molecule has 0 amide bonds. The van der Waals surface area contributed by atoms with Gasteiger partial charge in [0.2, 0.25) is 0 Å². The van der Waals surface area contributed by atoms with Crippen molar-refractivity contribution >= 4 is 62.9 Å². The molecule has 4 heterocycles. The number of carbonyl (C=O) groups excluding carboxylic acids is 1. The molecule has 8 aromatic rings. The lowest BCUT2D eigenvalue weighted by Gasteiger charge is -2.22. The van der Waals surface area contributed by atoms with E-state index in [1.807, 2.05) is 68.4 Å². The van der Waals surface area contributed by atoms with Crippen molar-refractivity contribution in [1.29, 1.82) is 0 Å². The number of phenols is 2. The molecule has 0 fully saturated rings. The number of hydrogen-bond donors (Lipinski definition) is 4. The molecule has 9 nitrogen and oxygen atoms in total. The number of nitrogens with zero attached hydrogens (tertiary/aromatic N) is 4. The Morgan fingerprint density at radius 2 is 1.32 bits per heavy atom. The predicted octanol–water partition coefficient (Wildman–Crippen LogP) is 12.2. The molecule has 1 atom stereocenters. The van der Waals surface area contributed by atoms with Crippen LogP contribution in [0.25, 0.3) is 21.8 Å². The average Bonchev–Trinajstić information content (AvgIpc) is 3.24. The molecule has 62 heavy (non-hydrogen) atoms. The molecular weight excluding hydrogens is 850 g/mol. The number of alkyl halides is 3. The van der Waals surface area contributed by atoms with Gasteiger partial charge in [-0.2, -0.15) is 13.2 Å². The summed E-state index contributed by atoms with van der Waals surface area (Å²) < 4.78 is 62.9. The summed E-state index contributed by atoms with van der Waals surface area (Å²) in [5.74, 6) is -0.379. The monoisotopic (exact) mass is 886 g/mol. The Hall–Kier alpha value is -6.90. The molecule has 4 aromatic heterocycles. The van der Waals surface area contributed by atoms with E-state index in [9.17, 15) is 37.0 Å². The topological polar surface area (TPSA) is 147 Å². The van der Waals surface area contributed by atoms with Gasteiger partial charge in [0, 0.05) is 46.7 Å². The second kappa shape index (κ2) is 20.6. The number of rotatable bonds is 5. The van der Waals surface area contributed by atoms with Crippen molar-refractivity contribution < 1.29 is 37.0 Å². The van der Waals surface area contributed by atoms with Crippen LogP contribution in [0.3, 0.4) is 0 Å². The third-order valence-corrected chi connectivity index (χ3v) is 9.86. The first kappa shape index (κ1) is 46.2. The number of carbonyl (C=O) groups is 1. The second-order valence-corrected chi connectivity index (χ2v) is 14.4. The normalized spacial score (nSPS) is 11.3. The number of hydrogen-bond acceptors (Lipinski definition) is 9. The van der Waals surface area contributed by atoms with Crippen LogP contribution < -0.4 is 11.1 Å². The van der Waals surface area contributed by atoms with Gasteiger partial charge in [-0.25, -0.2) is 18.7 Å². The zero-order valence-corrected chi connectivity index (χ0v) is 34.6. The van der Waals surface area contributed by atoms with E-state index in [4.69, 9.17) is 28.9 Å². The zero-order chi connectivity index (χ0) is 45.1. The Bertz CT molecular complexity index is 2840. The molecule has 1 unspecified atom stereocenters. The SMILES string of the molecule is Cc1cc(N)ncc1Cl.Cc1ccc(C(Nc2cc(C)c(Cl)cn2)c2ccc3cccnc3c2O)cc1F.O=Cc1ccc(C(F)(F)F)c(F)c1.Oc1cccc2cccnc12. The van der Waals surface area contributed by atoms with E-state index in [0.29, 0.717) is 61.5 Å². The van der Waals surface area contributed by atoms with Crippen molar-refractivity contribution in [2.24, 2.45) is 0 Å². The van der Waals surface area contributed by atoms with E-state index in [1.54, 1.807) is 56.0 Å². The van der Waals surface area contributed by atoms with Gasteiger partial charge in [-0.05, 0) is 91.6 Å². The summed E-state index contributed by atoms with van der Waals surface area (Å²) >= 11 is 11.8. The van der Waals surface area contributed by atoms with E-state index >= 15 is 0 Å². The molecule has 8 rings (SSSR count). The van der Waals surface area contributed by atoms with Crippen LogP contribution in [0.4, 0.5) is 33.6 Å². The number of nitrogens with two attached hydrogens (primary N) is 1. The summed E-state index contributed by atoms with van der Waals surface area (Å²) in [6, 6.07) is 26.6. The summed E-state index contributed by atoms with van der Waals surface area (Å²) in [7, 11) is 0. The third-order valence-electron chi connectivity index (χ3n) is 9.07. The number of phenolic OH excluding ortho intramolecular Hbond substituents is 2. The Labute approximate surface area is 362 Å². The predicted molar refractivity (Wildman–Crippen MR) is 233 cm³/mol. The van der Waals surface area contributed by atoms with Crippen molar-refractivity contribution in [1.82, 2.24) is 19.9 Å². The lowest BCUT2D eigenvalue weighted by Crippen LogP contribution is -2.14. The molecule has 4 aromatic carbocycles. The van der Waals surface area contributed by atoms with Gasteiger partial charge in [-0.1, -0.05) is 77.8 Å². The van der Waals surface area contributed by atoms with E-state index in [-0.39, 0.29) is 29.2 Å². The molecule has 0 bridgehead atoms. The first-order valence-electron chi connectivity index (χ1n) is 18.4. The molecule has 0 aliphatic carbocycles. The van der Waals surface area contributed by atoms with Crippen LogP contribution in [0.15, 0.2) is 128 Å². The zero-order valence-electron chi connectivity index (χ0n) is 33.1. The molecule has 0 aliphatic heterocycles. The van der Waals surface area contributed by atoms with Crippen LogP contribution in [0.1, 0.15) is 49.8 Å². The quantitative estimate of drug-likeness (QED) is 0.0979. The van der Waals surface area contributed by atoms with Gasteiger partial charge in [-0.15, -0.1) is 0 Å². The summed E-state index contributed by atoms with van der Waals surface area (Å²) in [5.41, 5.74) is 8.64. The highest BCUT2D eigenvalue weighted by molar-refractivity contribution is 6.31. The van der Waals surface area contributed by atoms with Crippen LogP contribution in [0, 0.1) is 32.4 Å². The summed E-state index contributed by atoms with van der Waals surface area (Å²) in [4.78, 5) is 26.5. The minimum Gasteiger partial charge on any atom is -0.506 e. The number of aryl methyl sites for hydroxylation is 3. The van der Waals surface area contributed by atoms with Crippen LogP contribution in [0.5, 0.6) is 11.5 Å². The number of anilines is 2. The fourth-order valence-corrected chi connectivity index (χ4v) is 5.96. The first-order chi connectivity index (χ1) is 29.5. The maximum atomic E-state index is 14.3. The van der Waals surface area contributed by atoms with Crippen molar-refractivity contribution in [3.8, 4) is 11.5 Å². The molecule has 0 saturated heterocycles. The van der Waals surface area contributed by atoms with Gasteiger partial charge in [0.1, 0.15) is 52.1 Å². The number of aromatic hydroxyl groups is 2. The molecule has 0 aliphatic rings. The lowest BCUT2D eigenvalue weighted by atomic mass is 9.95. The Morgan fingerprint density at radius 3 is 1.90 bits per heavy atom. The van der Waals surface area contributed by atoms with Gasteiger partial charge in [0.15, 0.2) is 0 Å². The lowest BCUT2D eigenvalue weighted by molar-refractivity contribution is -0.140. The minimum atomic E-state index is -4.72. The number of para-hydroxylation sites is 1. The highest BCUT2D eigenvalue weighted by Crippen LogP contribution is 2.37. The smallest absolute Gasteiger partial charge is 0.419 e. The second-order valence-electron chi connectivity index (χ2n) is 13.5. The van der Waals surface area contributed by atoms with Crippen molar-refractivity contribution in [3.63, 3.8) is 0 Å². The number of nitrogen functional groups attached to an aromatic ring is 1. The summed E-state index contributed by atoms with van der Waals surface area (Å²) in [6.07, 6.45) is 1.97. The van der Waals surface area contributed by atoms with Crippen molar-refractivity contribution in [2.45, 2.75) is 33.0 Å². The van der Waals surface area contributed by atoms with E-state index in [0.717, 1.165) is 28.0 Å². The Kier molecular flexibility index (Phi) is 15.3. The Balaban J connectivity index is 0.000000180. The largest absolute Gasteiger partial charge is 0.506 e. The maximum absolute atomic E-state index is 14.3. The van der Waals surface area contributed by atoms with E-state index < -0.39 is 23.6 Å². The number of halogens is 7. The van der Waals surface area contributed by atoms with E-state index in [1.165, 1.54) is 6.07 Å². The molecule has 16 heteroatoms. The summed E-state index contributed by atoms with van der Waals surface area (Å²) in [6.45, 7) is 5.48. The van der Waals surface area contributed by atoms with Crippen LogP contribution in [0.2, 0.25) is 10.0 Å². The van der Waals surface area contributed by atoms with Crippen LogP contribution >= 0.6 is 23.2 Å². The van der Waals surface area contributed by atoms with Crippen molar-refractivity contribution in [2.75, 3.05) is 11.1 Å². The maximum Gasteiger partial charge on any atom is 0.419 e. The number of pyridine rings is 4. The average molecular weight is 888 g/mol.